The number of hydrogen-bond donors (Lipinski definition) is 0. The van der Waals surface area contributed by atoms with Crippen LogP contribution in [-0.4, -0.2) is 38.4 Å². The first-order chi connectivity index (χ1) is 12.8. The van der Waals surface area contributed by atoms with Crippen LogP contribution < -0.4 is 9.47 Å². The van der Waals surface area contributed by atoms with Crippen LogP contribution in [0.1, 0.15) is 24.1 Å². The molecule has 2 aromatic carbocycles. The van der Waals surface area contributed by atoms with Gasteiger partial charge in [-0.15, -0.1) is 0 Å². The predicted molar refractivity (Wildman–Crippen MR) is 98.7 cm³/mol. The normalized spacial score (nSPS) is 17.2. The third-order valence-corrected chi connectivity index (χ3v) is 6.77. The molecule has 0 aliphatic carbocycles. The SMILES string of the molecule is COc1cc2c(cc1OC)[C@@H](C)N(S(=O)(=O)c1ccc([N+](=O)[O-])cc1)CC2. The molecule has 9 heteroatoms. The summed E-state index contributed by atoms with van der Waals surface area (Å²) in [5.41, 5.74) is 1.71. The van der Waals surface area contributed by atoms with Gasteiger partial charge in [-0.3, -0.25) is 10.1 Å². The molecule has 2 aromatic rings. The van der Waals surface area contributed by atoms with Crippen LogP contribution in [0.2, 0.25) is 0 Å². The van der Waals surface area contributed by atoms with E-state index in [9.17, 15) is 18.5 Å². The smallest absolute Gasteiger partial charge is 0.269 e. The molecule has 0 radical (unpaired) electrons. The molecule has 0 unspecified atom stereocenters. The molecule has 3 rings (SSSR count). The largest absolute Gasteiger partial charge is 0.493 e. The molecule has 144 valence electrons. The van der Waals surface area contributed by atoms with Gasteiger partial charge in [0.1, 0.15) is 0 Å². The highest BCUT2D eigenvalue weighted by Crippen LogP contribution is 2.39. The average molecular weight is 392 g/mol. The molecular weight excluding hydrogens is 372 g/mol. The lowest BCUT2D eigenvalue weighted by Gasteiger charge is -2.34. The molecule has 1 heterocycles. The van der Waals surface area contributed by atoms with Crippen molar-refractivity contribution in [3.05, 3.63) is 57.6 Å². The fourth-order valence-electron chi connectivity index (χ4n) is 3.33. The average Bonchev–Trinajstić information content (AvgIpc) is 2.67. The van der Waals surface area contributed by atoms with Gasteiger partial charge in [0.2, 0.25) is 10.0 Å². The summed E-state index contributed by atoms with van der Waals surface area (Å²) in [6, 6.07) is 8.20. The van der Waals surface area contributed by atoms with Crippen molar-refractivity contribution in [1.29, 1.82) is 0 Å². The van der Waals surface area contributed by atoms with Gasteiger partial charge in [0.15, 0.2) is 11.5 Å². The van der Waals surface area contributed by atoms with Gasteiger partial charge in [-0.25, -0.2) is 8.42 Å². The van der Waals surface area contributed by atoms with E-state index in [4.69, 9.17) is 9.47 Å². The minimum atomic E-state index is -3.79. The van der Waals surface area contributed by atoms with Gasteiger partial charge < -0.3 is 9.47 Å². The molecule has 0 saturated heterocycles. The number of nitro benzene ring substituents is 1. The minimum absolute atomic E-state index is 0.0314. The second-order valence-electron chi connectivity index (χ2n) is 6.20. The maximum Gasteiger partial charge on any atom is 0.269 e. The van der Waals surface area contributed by atoms with E-state index in [1.54, 1.807) is 13.2 Å². The quantitative estimate of drug-likeness (QED) is 0.573. The lowest BCUT2D eigenvalue weighted by Crippen LogP contribution is -2.38. The summed E-state index contributed by atoms with van der Waals surface area (Å²) < 4.78 is 38.2. The van der Waals surface area contributed by atoms with Crippen LogP contribution >= 0.6 is 0 Å². The molecule has 1 atom stereocenters. The predicted octanol–water partition coefficient (Wildman–Crippen LogP) is 2.92. The first kappa shape index (κ1) is 19.1. The number of sulfonamides is 1. The number of rotatable bonds is 5. The van der Waals surface area contributed by atoms with E-state index in [2.05, 4.69) is 0 Å². The van der Waals surface area contributed by atoms with Crippen molar-refractivity contribution in [3.8, 4) is 11.5 Å². The van der Waals surface area contributed by atoms with Crippen molar-refractivity contribution < 1.29 is 22.8 Å². The van der Waals surface area contributed by atoms with E-state index in [-0.39, 0.29) is 10.6 Å². The number of nitro groups is 1. The Balaban J connectivity index is 1.98. The van der Waals surface area contributed by atoms with Gasteiger partial charge in [0, 0.05) is 24.7 Å². The van der Waals surface area contributed by atoms with Crippen molar-refractivity contribution in [2.24, 2.45) is 0 Å². The van der Waals surface area contributed by atoms with Crippen molar-refractivity contribution in [2.45, 2.75) is 24.3 Å². The topological polar surface area (TPSA) is 99.0 Å². The molecule has 1 aliphatic heterocycles. The van der Waals surface area contributed by atoms with Crippen molar-refractivity contribution in [2.75, 3.05) is 20.8 Å². The third kappa shape index (κ3) is 3.35. The van der Waals surface area contributed by atoms with Crippen molar-refractivity contribution in [3.63, 3.8) is 0 Å². The Bertz CT molecular complexity index is 972. The summed E-state index contributed by atoms with van der Waals surface area (Å²) in [6.07, 6.45) is 0.534. The summed E-state index contributed by atoms with van der Waals surface area (Å²) >= 11 is 0. The lowest BCUT2D eigenvalue weighted by atomic mass is 9.94. The summed E-state index contributed by atoms with van der Waals surface area (Å²) in [6.45, 7) is 2.12. The van der Waals surface area contributed by atoms with Crippen LogP contribution in [0.4, 0.5) is 5.69 Å². The highest BCUT2D eigenvalue weighted by atomic mass is 32.2. The van der Waals surface area contributed by atoms with Gasteiger partial charge in [0.05, 0.1) is 24.0 Å². The zero-order chi connectivity index (χ0) is 19.8. The standard InChI is InChI=1S/C18H20N2O6S/c1-12-16-11-18(26-3)17(25-2)10-13(16)8-9-19(12)27(23,24)15-6-4-14(5-7-15)20(21)22/h4-7,10-12H,8-9H2,1-3H3/t12-/m1/s1. The van der Waals surface area contributed by atoms with Crippen LogP contribution in [0.25, 0.3) is 0 Å². The van der Waals surface area contributed by atoms with Crippen LogP contribution in [0, 0.1) is 10.1 Å². The zero-order valence-electron chi connectivity index (χ0n) is 15.2. The molecule has 8 nitrogen and oxygen atoms in total. The molecule has 0 spiro atoms. The molecule has 0 saturated carbocycles. The minimum Gasteiger partial charge on any atom is -0.493 e. The molecule has 27 heavy (non-hydrogen) atoms. The second kappa shape index (κ2) is 7.16. The van der Waals surface area contributed by atoms with E-state index in [1.807, 2.05) is 13.0 Å². The Morgan fingerprint density at radius 1 is 1.11 bits per heavy atom. The van der Waals surface area contributed by atoms with E-state index in [1.165, 1.54) is 35.7 Å². The maximum atomic E-state index is 13.1. The molecular formula is C18H20N2O6S. The van der Waals surface area contributed by atoms with Gasteiger partial charge in [-0.05, 0) is 48.7 Å². The fourth-order valence-corrected chi connectivity index (χ4v) is 4.94. The zero-order valence-corrected chi connectivity index (χ0v) is 16.0. The van der Waals surface area contributed by atoms with Crippen LogP contribution in [0.3, 0.4) is 0 Å². The summed E-state index contributed by atoms with van der Waals surface area (Å²) in [4.78, 5) is 10.3. The summed E-state index contributed by atoms with van der Waals surface area (Å²) in [5, 5.41) is 10.8. The Morgan fingerprint density at radius 3 is 2.26 bits per heavy atom. The Labute approximate surface area is 157 Å². The molecule has 0 N–H and O–H groups in total. The van der Waals surface area contributed by atoms with Crippen LogP contribution in [0.5, 0.6) is 11.5 Å². The number of benzene rings is 2. The highest BCUT2D eigenvalue weighted by molar-refractivity contribution is 7.89. The Kier molecular flexibility index (Phi) is 5.07. The van der Waals surface area contributed by atoms with E-state index in [0.29, 0.717) is 24.5 Å². The fraction of sp³-hybridized carbons (Fsp3) is 0.333. The Morgan fingerprint density at radius 2 is 1.70 bits per heavy atom. The number of fused-ring (bicyclic) bond motifs is 1. The van der Waals surface area contributed by atoms with E-state index in [0.717, 1.165) is 11.1 Å². The number of hydrogen-bond acceptors (Lipinski definition) is 6. The van der Waals surface area contributed by atoms with Gasteiger partial charge in [-0.1, -0.05) is 0 Å². The summed E-state index contributed by atoms with van der Waals surface area (Å²) in [5.74, 6) is 1.15. The lowest BCUT2D eigenvalue weighted by molar-refractivity contribution is -0.384. The van der Waals surface area contributed by atoms with Crippen molar-refractivity contribution >= 4 is 15.7 Å². The highest BCUT2D eigenvalue weighted by Gasteiger charge is 2.35. The maximum absolute atomic E-state index is 13.1. The number of ether oxygens (including phenoxy) is 2. The van der Waals surface area contributed by atoms with Gasteiger partial charge in [-0.2, -0.15) is 4.31 Å². The van der Waals surface area contributed by atoms with Gasteiger partial charge >= 0.3 is 0 Å². The van der Waals surface area contributed by atoms with Crippen LogP contribution in [0.15, 0.2) is 41.3 Å². The Hall–Kier alpha value is -2.65. The van der Waals surface area contributed by atoms with Crippen molar-refractivity contribution in [1.82, 2.24) is 4.31 Å². The van der Waals surface area contributed by atoms with Crippen LogP contribution in [-0.2, 0) is 16.4 Å². The molecule has 1 aliphatic rings. The van der Waals surface area contributed by atoms with E-state index < -0.39 is 21.0 Å². The monoisotopic (exact) mass is 392 g/mol. The molecule has 0 amide bonds. The number of non-ortho nitro benzene ring substituents is 1. The number of nitrogens with zero attached hydrogens (tertiary/aromatic N) is 2. The molecule has 0 aromatic heterocycles. The summed E-state index contributed by atoms with van der Waals surface area (Å²) in [7, 11) is -0.705. The first-order valence-corrected chi connectivity index (χ1v) is 9.74. The van der Waals surface area contributed by atoms with Gasteiger partial charge in [0.25, 0.3) is 5.69 Å². The number of methoxy groups -OCH3 is 2. The molecule has 0 fully saturated rings. The van der Waals surface area contributed by atoms with E-state index >= 15 is 0 Å². The first-order valence-electron chi connectivity index (χ1n) is 8.30. The third-order valence-electron chi connectivity index (χ3n) is 4.78. The molecule has 0 bridgehead atoms. The second-order valence-corrected chi connectivity index (χ2v) is 8.09.